The Kier molecular flexibility index (Phi) is 6.48. The Morgan fingerprint density at radius 2 is 1.73 bits per heavy atom. The van der Waals surface area contributed by atoms with Crippen molar-refractivity contribution in [3.8, 4) is 0 Å². The van der Waals surface area contributed by atoms with Gasteiger partial charge in [0.2, 0.25) is 0 Å². The number of aliphatic hydroxyl groups is 1. The van der Waals surface area contributed by atoms with Gasteiger partial charge in [-0.15, -0.1) is 6.58 Å². The van der Waals surface area contributed by atoms with Crippen molar-refractivity contribution < 1.29 is 9.84 Å². The number of para-hydroxylation sites is 3. The zero-order valence-electron chi connectivity index (χ0n) is 12.5. The minimum atomic E-state index is -0.565. The lowest BCUT2D eigenvalue weighted by atomic mass is 10.2. The van der Waals surface area contributed by atoms with Gasteiger partial charge in [-0.3, -0.25) is 0 Å². The molecule has 2 rings (SSSR count). The van der Waals surface area contributed by atoms with Gasteiger partial charge in [0.05, 0.1) is 30.7 Å². The number of anilines is 3. The fourth-order valence-electron chi connectivity index (χ4n) is 2.00. The van der Waals surface area contributed by atoms with E-state index in [9.17, 15) is 5.11 Å². The van der Waals surface area contributed by atoms with E-state index < -0.39 is 6.10 Å². The molecule has 0 aromatic heterocycles. The van der Waals surface area contributed by atoms with Crippen LogP contribution in [-0.4, -0.2) is 31.0 Å². The van der Waals surface area contributed by atoms with Crippen LogP contribution in [-0.2, 0) is 4.74 Å². The first-order valence-corrected chi connectivity index (χ1v) is 7.31. The fraction of sp³-hybridized carbons (Fsp3) is 0.222. The van der Waals surface area contributed by atoms with E-state index in [1.54, 1.807) is 6.08 Å². The minimum absolute atomic E-state index is 0.285. The molecule has 2 aromatic rings. The summed E-state index contributed by atoms with van der Waals surface area (Å²) in [4.78, 5) is 0. The van der Waals surface area contributed by atoms with Crippen LogP contribution in [0, 0.1) is 0 Å². The van der Waals surface area contributed by atoms with Crippen LogP contribution in [0.4, 0.5) is 17.1 Å². The average molecular weight is 298 g/mol. The van der Waals surface area contributed by atoms with E-state index in [1.165, 1.54) is 0 Å². The van der Waals surface area contributed by atoms with Gasteiger partial charge in [-0.1, -0.05) is 36.4 Å². The summed E-state index contributed by atoms with van der Waals surface area (Å²) in [6.45, 7) is 4.73. The monoisotopic (exact) mass is 298 g/mol. The molecule has 0 bridgehead atoms. The molecule has 4 nitrogen and oxygen atoms in total. The molecule has 2 aromatic carbocycles. The highest BCUT2D eigenvalue weighted by molar-refractivity contribution is 5.74. The van der Waals surface area contributed by atoms with E-state index >= 15 is 0 Å². The molecule has 0 radical (unpaired) electrons. The molecule has 3 N–H and O–H groups in total. The van der Waals surface area contributed by atoms with Gasteiger partial charge in [0.25, 0.3) is 0 Å². The number of rotatable bonds is 9. The topological polar surface area (TPSA) is 53.5 Å². The summed E-state index contributed by atoms with van der Waals surface area (Å²) in [5.41, 5.74) is 2.92. The summed E-state index contributed by atoms with van der Waals surface area (Å²) in [7, 11) is 0. The summed E-state index contributed by atoms with van der Waals surface area (Å²) in [5.74, 6) is 0. The molecule has 0 saturated heterocycles. The Hall–Kier alpha value is -2.30. The Balaban J connectivity index is 1.92. The maximum atomic E-state index is 9.88. The van der Waals surface area contributed by atoms with Gasteiger partial charge >= 0.3 is 0 Å². The maximum absolute atomic E-state index is 9.88. The second-order valence-electron chi connectivity index (χ2n) is 4.90. The maximum Gasteiger partial charge on any atom is 0.0945 e. The first-order chi connectivity index (χ1) is 10.8. The molecular weight excluding hydrogens is 276 g/mol. The van der Waals surface area contributed by atoms with Gasteiger partial charge in [-0.2, -0.15) is 0 Å². The normalized spacial score (nSPS) is 11.7. The summed E-state index contributed by atoms with van der Waals surface area (Å²) >= 11 is 0. The molecule has 22 heavy (non-hydrogen) atoms. The largest absolute Gasteiger partial charge is 0.389 e. The first-order valence-electron chi connectivity index (χ1n) is 7.31. The van der Waals surface area contributed by atoms with Crippen molar-refractivity contribution in [2.45, 2.75) is 6.10 Å². The van der Waals surface area contributed by atoms with Crippen LogP contribution in [0.1, 0.15) is 0 Å². The summed E-state index contributed by atoms with van der Waals surface area (Å²) < 4.78 is 5.24. The van der Waals surface area contributed by atoms with Gasteiger partial charge < -0.3 is 20.5 Å². The van der Waals surface area contributed by atoms with E-state index in [4.69, 9.17) is 4.74 Å². The van der Waals surface area contributed by atoms with Gasteiger partial charge in [-0.05, 0) is 24.3 Å². The summed E-state index contributed by atoms with van der Waals surface area (Å²) in [6.07, 6.45) is 1.10. The number of ether oxygens (including phenoxy) is 1. The van der Waals surface area contributed by atoms with E-state index in [-0.39, 0.29) is 6.61 Å². The number of hydrogen-bond donors (Lipinski definition) is 3. The van der Waals surface area contributed by atoms with Crippen LogP contribution in [0.2, 0.25) is 0 Å². The Bertz CT molecular complexity index is 572. The summed E-state index contributed by atoms with van der Waals surface area (Å²) in [6, 6.07) is 17.9. The predicted molar refractivity (Wildman–Crippen MR) is 91.7 cm³/mol. The lowest BCUT2D eigenvalue weighted by Gasteiger charge is -2.16. The average Bonchev–Trinajstić information content (AvgIpc) is 2.55. The molecule has 4 heteroatoms. The van der Waals surface area contributed by atoms with Crippen molar-refractivity contribution in [1.82, 2.24) is 0 Å². The first kappa shape index (κ1) is 16.1. The highest BCUT2D eigenvalue weighted by atomic mass is 16.5. The number of aliphatic hydroxyl groups excluding tert-OH is 1. The molecule has 0 heterocycles. The van der Waals surface area contributed by atoms with Crippen LogP contribution in [0.3, 0.4) is 0 Å². The van der Waals surface area contributed by atoms with Crippen LogP contribution < -0.4 is 10.6 Å². The van der Waals surface area contributed by atoms with E-state index in [2.05, 4.69) is 17.2 Å². The highest BCUT2D eigenvalue weighted by Gasteiger charge is 2.06. The third-order valence-electron chi connectivity index (χ3n) is 3.05. The molecule has 0 aliphatic rings. The molecule has 1 unspecified atom stereocenters. The number of benzene rings is 2. The van der Waals surface area contributed by atoms with Crippen LogP contribution >= 0.6 is 0 Å². The minimum Gasteiger partial charge on any atom is -0.389 e. The van der Waals surface area contributed by atoms with Crippen molar-refractivity contribution in [3.05, 3.63) is 67.3 Å². The summed E-state index contributed by atoms with van der Waals surface area (Å²) in [5, 5.41) is 16.5. The third-order valence-corrected chi connectivity index (χ3v) is 3.05. The van der Waals surface area contributed by atoms with E-state index in [0.29, 0.717) is 13.2 Å². The van der Waals surface area contributed by atoms with Crippen LogP contribution in [0.5, 0.6) is 0 Å². The quantitative estimate of drug-likeness (QED) is 0.490. The third kappa shape index (κ3) is 5.24. The molecule has 1 atom stereocenters. The van der Waals surface area contributed by atoms with Crippen molar-refractivity contribution in [2.24, 2.45) is 0 Å². The molecule has 0 amide bonds. The molecular formula is C18H22N2O2. The molecule has 0 aliphatic heterocycles. The molecule has 0 aliphatic carbocycles. The van der Waals surface area contributed by atoms with Crippen LogP contribution in [0.15, 0.2) is 67.3 Å². The lowest BCUT2D eigenvalue weighted by Crippen LogP contribution is -2.25. The molecule has 0 fully saturated rings. The number of nitrogens with one attached hydrogen (secondary N) is 2. The highest BCUT2D eigenvalue weighted by Crippen LogP contribution is 2.24. The SMILES string of the molecule is C=CCOCC(O)CNc1ccccc1Nc1ccccc1. The van der Waals surface area contributed by atoms with Crippen molar-refractivity contribution >= 4 is 17.1 Å². The lowest BCUT2D eigenvalue weighted by molar-refractivity contribution is 0.0566. The van der Waals surface area contributed by atoms with Gasteiger partial charge in [0, 0.05) is 12.2 Å². The van der Waals surface area contributed by atoms with Crippen molar-refractivity contribution in [2.75, 3.05) is 30.4 Å². The zero-order chi connectivity index (χ0) is 15.6. The molecule has 0 saturated carbocycles. The zero-order valence-corrected chi connectivity index (χ0v) is 12.5. The predicted octanol–water partition coefficient (Wildman–Crippen LogP) is 3.41. The second-order valence-corrected chi connectivity index (χ2v) is 4.90. The van der Waals surface area contributed by atoms with Gasteiger partial charge in [-0.25, -0.2) is 0 Å². The van der Waals surface area contributed by atoms with E-state index in [0.717, 1.165) is 17.1 Å². The Morgan fingerprint density at radius 1 is 1.05 bits per heavy atom. The van der Waals surface area contributed by atoms with Crippen molar-refractivity contribution in [3.63, 3.8) is 0 Å². The van der Waals surface area contributed by atoms with E-state index in [1.807, 2.05) is 54.6 Å². The fourth-order valence-corrected chi connectivity index (χ4v) is 2.00. The van der Waals surface area contributed by atoms with Gasteiger partial charge in [0.1, 0.15) is 0 Å². The smallest absolute Gasteiger partial charge is 0.0945 e. The molecule has 0 spiro atoms. The van der Waals surface area contributed by atoms with Crippen molar-refractivity contribution in [1.29, 1.82) is 0 Å². The second kappa shape index (κ2) is 8.87. The van der Waals surface area contributed by atoms with Crippen LogP contribution in [0.25, 0.3) is 0 Å². The Labute approximate surface area is 131 Å². The Morgan fingerprint density at radius 3 is 2.45 bits per heavy atom. The van der Waals surface area contributed by atoms with Gasteiger partial charge in [0.15, 0.2) is 0 Å². The standard InChI is InChI=1S/C18H22N2O2/c1-2-12-22-14-16(21)13-19-17-10-6-7-11-18(17)20-15-8-4-3-5-9-15/h2-11,16,19-21H,1,12-14H2. The number of hydrogen-bond acceptors (Lipinski definition) is 4. The molecule has 116 valence electrons.